The van der Waals surface area contributed by atoms with Crippen molar-refractivity contribution in [1.29, 1.82) is 0 Å². The summed E-state index contributed by atoms with van der Waals surface area (Å²) in [4.78, 5) is 8.92. The zero-order chi connectivity index (χ0) is 11.5. The van der Waals surface area contributed by atoms with E-state index in [0.29, 0.717) is 12.4 Å². The topological polar surface area (TPSA) is 73.1 Å². The molecule has 5 nitrogen and oxygen atoms in total. The molecule has 2 rings (SSSR count). The van der Waals surface area contributed by atoms with Gasteiger partial charge in [-0.2, -0.15) is 0 Å². The van der Waals surface area contributed by atoms with Crippen LogP contribution in [0.25, 0.3) is 0 Å². The maximum atomic E-state index is 5.97. The Balaban J connectivity index is 2.39. The van der Waals surface area contributed by atoms with Gasteiger partial charge < -0.3 is 15.8 Å². The normalized spacial score (nSPS) is 17.6. The fourth-order valence-electron chi connectivity index (χ4n) is 1.82. The average Bonchev–Trinajstić information content (AvgIpc) is 2.53. The Bertz CT molecular complexity index is 380. The van der Waals surface area contributed by atoms with Gasteiger partial charge in [0.2, 0.25) is 0 Å². The lowest BCUT2D eigenvalue weighted by molar-refractivity contribution is 0.146. The minimum Gasteiger partial charge on any atom is -0.383 e. The van der Waals surface area contributed by atoms with E-state index in [1.165, 1.54) is 0 Å². The molecule has 0 radical (unpaired) electrons. The summed E-state index contributed by atoms with van der Waals surface area (Å²) >= 11 is 0. The van der Waals surface area contributed by atoms with Crippen LogP contribution in [0, 0.1) is 0 Å². The first kappa shape index (κ1) is 11.3. The Hall–Kier alpha value is -1.20. The van der Waals surface area contributed by atoms with Gasteiger partial charge in [-0.15, -0.1) is 0 Å². The third kappa shape index (κ3) is 2.15. The van der Waals surface area contributed by atoms with Gasteiger partial charge in [0.05, 0.1) is 24.9 Å². The minimum atomic E-state index is 0.122. The van der Waals surface area contributed by atoms with E-state index in [0.717, 1.165) is 36.5 Å². The number of nitrogens with one attached hydrogen (secondary N) is 1. The quantitative estimate of drug-likeness (QED) is 0.760. The zero-order valence-corrected chi connectivity index (χ0v) is 9.79. The molecule has 1 unspecified atom stereocenters. The third-order valence-corrected chi connectivity index (χ3v) is 2.94. The van der Waals surface area contributed by atoms with Crippen molar-refractivity contribution in [2.45, 2.75) is 25.8 Å². The van der Waals surface area contributed by atoms with Crippen LogP contribution in [0.3, 0.4) is 0 Å². The first-order valence-electron chi connectivity index (χ1n) is 5.62. The number of aromatic nitrogens is 2. The molecule has 0 bridgehead atoms. The van der Waals surface area contributed by atoms with Crippen LogP contribution in [0.1, 0.15) is 30.0 Å². The Labute approximate surface area is 95.4 Å². The summed E-state index contributed by atoms with van der Waals surface area (Å²) in [7, 11) is 1.89. The summed E-state index contributed by atoms with van der Waals surface area (Å²) in [6.45, 7) is 3.45. The minimum absolute atomic E-state index is 0.122. The van der Waals surface area contributed by atoms with Gasteiger partial charge in [-0.1, -0.05) is 0 Å². The molecule has 2 heterocycles. The van der Waals surface area contributed by atoms with Gasteiger partial charge in [0.15, 0.2) is 0 Å². The summed E-state index contributed by atoms with van der Waals surface area (Å²) in [5.41, 5.74) is 8.07. The molecule has 88 valence electrons. The van der Waals surface area contributed by atoms with Crippen LogP contribution in [0.2, 0.25) is 0 Å². The standard InChI is InChI=1S/C11H18N4O/c1-7(13-2)11-14-9-4-6-16-5-3-8(9)10(12)15-11/h7,13H,3-6H2,1-2H3,(H2,12,14,15). The van der Waals surface area contributed by atoms with Crippen molar-refractivity contribution in [3.63, 3.8) is 0 Å². The fourth-order valence-corrected chi connectivity index (χ4v) is 1.82. The Morgan fingerprint density at radius 3 is 2.81 bits per heavy atom. The van der Waals surface area contributed by atoms with Crippen LogP contribution < -0.4 is 11.1 Å². The number of nitrogens with two attached hydrogens (primary N) is 1. The molecule has 1 aliphatic heterocycles. The van der Waals surface area contributed by atoms with Crippen LogP contribution in [0.4, 0.5) is 5.82 Å². The number of hydrogen-bond donors (Lipinski definition) is 2. The van der Waals surface area contributed by atoms with Crippen molar-refractivity contribution >= 4 is 5.82 Å². The molecule has 0 saturated carbocycles. The van der Waals surface area contributed by atoms with E-state index in [-0.39, 0.29) is 6.04 Å². The predicted octanol–water partition coefficient (Wildman–Crippen LogP) is 0.454. The predicted molar refractivity (Wildman–Crippen MR) is 62.1 cm³/mol. The van der Waals surface area contributed by atoms with Gasteiger partial charge in [-0.05, 0) is 14.0 Å². The van der Waals surface area contributed by atoms with Crippen LogP contribution in [-0.2, 0) is 17.6 Å². The van der Waals surface area contributed by atoms with Crippen molar-refractivity contribution in [1.82, 2.24) is 15.3 Å². The number of anilines is 1. The van der Waals surface area contributed by atoms with Gasteiger partial charge >= 0.3 is 0 Å². The van der Waals surface area contributed by atoms with Crippen LogP contribution in [0.5, 0.6) is 0 Å². The number of rotatable bonds is 2. The van der Waals surface area contributed by atoms with E-state index in [9.17, 15) is 0 Å². The first-order valence-corrected chi connectivity index (χ1v) is 5.62. The van der Waals surface area contributed by atoms with Crippen LogP contribution >= 0.6 is 0 Å². The van der Waals surface area contributed by atoms with Gasteiger partial charge in [0, 0.05) is 18.4 Å². The molecule has 3 N–H and O–H groups in total. The van der Waals surface area contributed by atoms with Crippen LogP contribution in [-0.4, -0.2) is 30.2 Å². The highest BCUT2D eigenvalue weighted by Crippen LogP contribution is 2.20. The molecule has 0 saturated heterocycles. The van der Waals surface area contributed by atoms with Crippen molar-refractivity contribution in [3.8, 4) is 0 Å². The summed E-state index contributed by atoms with van der Waals surface area (Å²) in [6.07, 6.45) is 1.64. The first-order chi connectivity index (χ1) is 7.72. The van der Waals surface area contributed by atoms with Gasteiger partial charge in [0.1, 0.15) is 11.6 Å². The second kappa shape index (κ2) is 4.76. The molecule has 16 heavy (non-hydrogen) atoms. The summed E-state index contributed by atoms with van der Waals surface area (Å²) in [5.74, 6) is 1.37. The van der Waals surface area contributed by atoms with Crippen molar-refractivity contribution in [3.05, 3.63) is 17.1 Å². The maximum Gasteiger partial charge on any atom is 0.147 e. The Kier molecular flexibility index (Phi) is 3.36. The van der Waals surface area contributed by atoms with E-state index in [1.807, 2.05) is 14.0 Å². The molecule has 1 aromatic rings. The zero-order valence-electron chi connectivity index (χ0n) is 9.79. The van der Waals surface area contributed by atoms with Gasteiger partial charge in [0.25, 0.3) is 0 Å². The molecule has 0 spiro atoms. The second-order valence-corrected chi connectivity index (χ2v) is 4.02. The summed E-state index contributed by atoms with van der Waals surface area (Å²) < 4.78 is 5.42. The van der Waals surface area contributed by atoms with E-state index in [1.54, 1.807) is 0 Å². The molecular weight excluding hydrogens is 204 g/mol. The summed E-state index contributed by atoms with van der Waals surface area (Å²) in [6, 6.07) is 0.122. The highest BCUT2D eigenvalue weighted by atomic mass is 16.5. The highest BCUT2D eigenvalue weighted by Gasteiger charge is 2.17. The highest BCUT2D eigenvalue weighted by molar-refractivity contribution is 5.43. The van der Waals surface area contributed by atoms with E-state index in [4.69, 9.17) is 10.5 Å². The monoisotopic (exact) mass is 222 g/mol. The lowest BCUT2D eigenvalue weighted by Gasteiger charge is -2.13. The largest absolute Gasteiger partial charge is 0.383 e. The van der Waals surface area contributed by atoms with Gasteiger partial charge in [-0.3, -0.25) is 0 Å². The molecule has 1 aliphatic rings. The van der Waals surface area contributed by atoms with Gasteiger partial charge in [-0.25, -0.2) is 9.97 Å². The molecular formula is C11H18N4O. The number of nitrogens with zero attached hydrogens (tertiary/aromatic N) is 2. The number of fused-ring (bicyclic) bond motifs is 1. The third-order valence-electron chi connectivity index (χ3n) is 2.94. The lowest BCUT2D eigenvalue weighted by Crippen LogP contribution is -2.18. The Morgan fingerprint density at radius 2 is 2.06 bits per heavy atom. The number of hydrogen-bond acceptors (Lipinski definition) is 5. The van der Waals surface area contributed by atoms with Crippen molar-refractivity contribution in [2.24, 2.45) is 0 Å². The number of ether oxygens (including phenoxy) is 1. The van der Waals surface area contributed by atoms with Crippen LogP contribution in [0.15, 0.2) is 0 Å². The Morgan fingerprint density at radius 1 is 1.31 bits per heavy atom. The van der Waals surface area contributed by atoms with Crippen molar-refractivity contribution < 1.29 is 4.74 Å². The summed E-state index contributed by atoms with van der Waals surface area (Å²) in [5, 5.41) is 3.12. The molecule has 0 amide bonds. The molecule has 0 aromatic carbocycles. The van der Waals surface area contributed by atoms with Crippen molar-refractivity contribution in [2.75, 3.05) is 26.0 Å². The smallest absolute Gasteiger partial charge is 0.147 e. The van der Waals surface area contributed by atoms with E-state index >= 15 is 0 Å². The molecule has 5 heteroatoms. The average molecular weight is 222 g/mol. The second-order valence-electron chi connectivity index (χ2n) is 4.02. The SMILES string of the molecule is CNC(C)c1nc(N)c2c(n1)CCOCC2. The fraction of sp³-hybridized carbons (Fsp3) is 0.636. The maximum absolute atomic E-state index is 5.97. The molecule has 0 fully saturated rings. The van der Waals surface area contributed by atoms with E-state index < -0.39 is 0 Å². The van der Waals surface area contributed by atoms with E-state index in [2.05, 4.69) is 15.3 Å². The molecule has 1 atom stereocenters. The number of nitrogen functional groups attached to an aromatic ring is 1. The lowest BCUT2D eigenvalue weighted by atomic mass is 10.1. The molecule has 0 aliphatic carbocycles. The molecule has 1 aromatic heterocycles.